The minimum Gasteiger partial charge on any atom is -0.548 e. The highest BCUT2D eigenvalue weighted by molar-refractivity contribution is 5.83. The van der Waals surface area contributed by atoms with Crippen molar-refractivity contribution in [1.29, 1.82) is 0 Å². The van der Waals surface area contributed by atoms with Crippen LogP contribution in [-0.4, -0.2) is 24.5 Å². The summed E-state index contributed by atoms with van der Waals surface area (Å²) >= 11 is 0. The van der Waals surface area contributed by atoms with E-state index in [2.05, 4.69) is 5.32 Å². The van der Waals surface area contributed by atoms with Crippen LogP contribution in [-0.2, 0) is 16.0 Å². The molecule has 5 nitrogen and oxygen atoms in total. The van der Waals surface area contributed by atoms with Gasteiger partial charge < -0.3 is 20.0 Å². The van der Waals surface area contributed by atoms with Crippen LogP contribution in [0, 0.1) is 6.92 Å². The molecule has 0 spiro atoms. The number of amides is 1. The van der Waals surface area contributed by atoms with Crippen LogP contribution in [0.4, 0.5) is 0 Å². The first-order valence-corrected chi connectivity index (χ1v) is 7.28. The predicted octanol–water partition coefficient (Wildman–Crippen LogP) is 0.851. The third kappa shape index (κ3) is 5.47. The molecule has 0 saturated heterocycles. The van der Waals surface area contributed by atoms with E-state index >= 15 is 0 Å². The highest BCUT2D eigenvalue weighted by Gasteiger charge is 2.14. The average molecular weight is 312 g/mol. The summed E-state index contributed by atoms with van der Waals surface area (Å²) in [6.45, 7) is 1.70. The van der Waals surface area contributed by atoms with Gasteiger partial charge in [0.15, 0.2) is 6.61 Å². The van der Waals surface area contributed by atoms with E-state index < -0.39 is 17.9 Å². The molecule has 0 fully saturated rings. The van der Waals surface area contributed by atoms with Crippen molar-refractivity contribution in [2.45, 2.75) is 19.4 Å². The van der Waals surface area contributed by atoms with E-state index in [-0.39, 0.29) is 13.0 Å². The second kappa shape index (κ2) is 7.98. The van der Waals surface area contributed by atoms with Crippen molar-refractivity contribution in [3.05, 3.63) is 65.7 Å². The second-order valence-corrected chi connectivity index (χ2v) is 5.23. The number of aliphatic carboxylic acids is 1. The van der Waals surface area contributed by atoms with Gasteiger partial charge in [-0.2, -0.15) is 0 Å². The summed E-state index contributed by atoms with van der Waals surface area (Å²) in [5, 5.41) is 13.6. The van der Waals surface area contributed by atoms with Gasteiger partial charge in [0.1, 0.15) is 5.75 Å². The standard InChI is InChI=1S/C18H19NO4/c1-13-7-9-15(10-8-13)23-12-17(20)19-16(18(21)22)11-14-5-3-2-4-6-14/h2-10,16H,11-12H2,1H3,(H,19,20)(H,21,22)/p-1. The van der Waals surface area contributed by atoms with Crippen molar-refractivity contribution < 1.29 is 19.4 Å². The Balaban J connectivity index is 1.88. The molecule has 0 aliphatic carbocycles. The lowest BCUT2D eigenvalue weighted by molar-refractivity contribution is -0.308. The molecule has 2 aromatic rings. The van der Waals surface area contributed by atoms with Crippen LogP contribution in [0.1, 0.15) is 11.1 Å². The van der Waals surface area contributed by atoms with E-state index in [9.17, 15) is 14.7 Å². The lowest BCUT2D eigenvalue weighted by atomic mass is 10.1. The number of rotatable bonds is 7. The summed E-state index contributed by atoms with van der Waals surface area (Å²) in [5.41, 5.74) is 1.89. The third-order valence-corrected chi connectivity index (χ3v) is 3.29. The first-order valence-electron chi connectivity index (χ1n) is 7.28. The van der Waals surface area contributed by atoms with Crippen molar-refractivity contribution in [2.24, 2.45) is 0 Å². The molecule has 0 saturated carbocycles. The second-order valence-electron chi connectivity index (χ2n) is 5.23. The minimum atomic E-state index is -1.32. The molecule has 2 rings (SSSR count). The van der Waals surface area contributed by atoms with Crippen LogP contribution in [0.25, 0.3) is 0 Å². The fraction of sp³-hybridized carbons (Fsp3) is 0.222. The van der Waals surface area contributed by atoms with Gasteiger partial charge in [-0.1, -0.05) is 48.0 Å². The fourth-order valence-corrected chi connectivity index (χ4v) is 2.06. The summed E-state index contributed by atoms with van der Waals surface area (Å²) in [5.74, 6) is -1.27. The number of hydrogen-bond acceptors (Lipinski definition) is 4. The number of carbonyl (C=O) groups is 2. The number of carboxylic acid groups (broad SMARTS) is 1. The maximum Gasteiger partial charge on any atom is 0.258 e. The number of nitrogens with one attached hydrogen (secondary N) is 1. The molecule has 23 heavy (non-hydrogen) atoms. The van der Waals surface area contributed by atoms with Crippen LogP contribution >= 0.6 is 0 Å². The van der Waals surface area contributed by atoms with Gasteiger partial charge in [-0.15, -0.1) is 0 Å². The maximum absolute atomic E-state index is 11.9. The number of benzene rings is 2. The van der Waals surface area contributed by atoms with Crippen molar-refractivity contribution in [2.75, 3.05) is 6.61 Å². The SMILES string of the molecule is Cc1ccc(OCC(=O)NC(Cc2ccccc2)C(=O)[O-])cc1. The fourth-order valence-electron chi connectivity index (χ4n) is 2.06. The van der Waals surface area contributed by atoms with E-state index in [4.69, 9.17) is 4.74 Å². The molecule has 0 heterocycles. The molecule has 0 radical (unpaired) electrons. The van der Waals surface area contributed by atoms with Gasteiger partial charge in [-0.25, -0.2) is 0 Å². The molecule has 1 atom stereocenters. The molecule has 5 heteroatoms. The molecule has 2 aromatic carbocycles. The zero-order valence-corrected chi connectivity index (χ0v) is 12.8. The van der Waals surface area contributed by atoms with Gasteiger partial charge in [0.2, 0.25) is 0 Å². The highest BCUT2D eigenvalue weighted by atomic mass is 16.5. The maximum atomic E-state index is 11.9. The smallest absolute Gasteiger partial charge is 0.258 e. The van der Waals surface area contributed by atoms with Gasteiger partial charge in [-0.3, -0.25) is 4.79 Å². The summed E-state index contributed by atoms with van der Waals surface area (Å²) in [4.78, 5) is 23.0. The molecule has 1 amide bonds. The monoisotopic (exact) mass is 312 g/mol. The normalized spacial score (nSPS) is 11.5. The lowest BCUT2D eigenvalue weighted by Crippen LogP contribution is -2.50. The molecule has 0 aromatic heterocycles. The van der Waals surface area contributed by atoms with Crippen molar-refractivity contribution in [1.82, 2.24) is 5.32 Å². The van der Waals surface area contributed by atoms with E-state index in [1.807, 2.05) is 37.3 Å². The summed E-state index contributed by atoms with van der Waals surface area (Å²) in [6, 6.07) is 15.2. The van der Waals surface area contributed by atoms with Crippen molar-refractivity contribution in [3.8, 4) is 5.75 Å². The Bertz CT molecular complexity index is 652. The van der Waals surface area contributed by atoms with E-state index in [0.29, 0.717) is 5.75 Å². The summed E-state index contributed by atoms with van der Waals surface area (Å²) in [6.07, 6.45) is 0.166. The quantitative estimate of drug-likeness (QED) is 0.822. The summed E-state index contributed by atoms with van der Waals surface area (Å²) in [7, 11) is 0. The minimum absolute atomic E-state index is 0.166. The van der Waals surface area contributed by atoms with E-state index in [1.54, 1.807) is 24.3 Å². The molecule has 0 bridgehead atoms. The molecular formula is C18H18NO4-. The lowest BCUT2D eigenvalue weighted by Gasteiger charge is -2.20. The van der Waals surface area contributed by atoms with E-state index in [1.165, 1.54) is 0 Å². The average Bonchev–Trinajstić information content (AvgIpc) is 2.54. The zero-order chi connectivity index (χ0) is 16.7. The van der Waals surface area contributed by atoms with Crippen molar-refractivity contribution >= 4 is 11.9 Å². The van der Waals surface area contributed by atoms with E-state index in [0.717, 1.165) is 11.1 Å². The van der Waals surface area contributed by atoms with Gasteiger partial charge in [-0.05, 0) is 31.0 Å². The number of aryl methyl sites for hydroxylation is 1. The molecular weight excluding hydrogens is 294 g/mol. The first kappa shape index (κ1) is 16.5. The Labute approximate surface area is 134 Å². The Hall–Kier alpha value is -2.82. The first-order chi connectivity index (χ1) is 11.0. The van der Waals surface area contributed by atoms with Crippen molar-refractivity contribution in [3.63, 3.8) is 0 Å². The van der Waals surface area contributed by atoms with Crippen LogP contribution in [0.3, 0.4) is 0 Å². The molecule has 0 aliphatic heterocycles. The molecule has 0 aliphatic rings. The van der Waals surface area contributed by atoms with Crippen LogP contribution < -0.4 is 15.2 Å². The number of ether oxygens (including phenoxy) is 1. The highest BCUT2D eigenvalue weighted by Crippen LogP contribution is 2.11. The topological polar surface area (TPSA) is 78.5 Å². The number of carboxylic acids is 1. The molecule has 1 unspecified atom stereocenters. The van der Waals surface area contributed by atoms with Crippen LogP contribution in [0.5, 0.6) is 5.75 Å². The van der Waals surface area contributed by atoms with Gasteiger partial charge in [0.25, 0.3) is 5.91 Å². The largest absolute Gasteiger partial charge is 0.548 e. The van der Waals surface area contributed by atoms with Crippen LogP contribution in [0.15, 0.2) is 54.6 Å². The van der Waals surface area contributed by atoms with Gasteiger partial charge in [0, 0.05) is 0 Å². The Kier molecular flexibility index (Phi) is 5.74. The van der Waals surface area contributed by atoms with Gasteiger partial charge in [0.05, 0.1) is 12.0 Å². The van der Waals surface area contributed by atoms with Gasteiger partial charge >= 0.3 is 0 Å². The molecule has 1 N–H and O–H groups in total. The number of hydrogen-bond donors (Lipinski definition) is 1. The zero-order valence-electron chi connectivity index (χ0n) is 12.8. The molecule has 120 valence electrons. The third-order valence-electron chi connectivity index (χ3n) is 3.29. The summed E-state index contributed by atoms with van der Waals surface area (Å²) < 4.78 is 5.33. The number of carbonyl (C=O) groups excluding carboxylic acids is 2. The Morgan fingerprint density at radius 1 is 1.09 bits per heavy atom. The Morgan fingerprint density at radius 2 is 1.74 bits per heavy atom. The predicted molar refractivity (Wildman–Crippen MR) is 83.8 cm³/mol. The Morgan fingerprint density at radius 3 is 2.35 bits per heavy atom. The van der Waals surface area contributed by atoms with Crippen LogP contribution in [0.2, 0.25) is 0 Å².